The van der Waals surface area contributed by atoms with Crippen LogP contribution < -0.4 is 25.1 Å². The van der Waals surface area contributed by atoms with Crippen LogP contribution in [0, 0.1) is 0 Å². The van der Waals surface area contributed by atoms with Gasteiger partial charge in [0.2, 0.25) is 0 Å². The summed E-state index contributed by atoms with van der Waals surface area (Å²) in [5.74, 6) is 2.36. The number of amidine groups is 1. The molecule has 136 valence electrons. The number of methoxy groups -OCH3 is 2. The standard InChI is InChI=1S/C21H20N4O2/c1-26-19-14-8-6-12-17(19)24-22-21(16-10-4-3-5-11-16)23-25(24)18-13-7-9-15-20(18)27-2/h3-15H,1-2H3,(H,22,23)/p+1. The van der Waals surface area contributed by atoms with Gasteiger partial charge in [-0.25, -0.2) is 0 Å². The Morgan fingerprint density at radius 1 is 0.704 bits per heavy atom. The fraction of sp³-hybridized carbons (Fsp3) is 0.0952. The third-order valence-corrected chi connectivity index (χ3v) is 4.35. The number of hydrazine groups is 1. The van der Waals surface area contributed by atoms with Gasteiger partial charge in [0.15, 0.2) is 5.69 Å². The first kappa shape index (κ1) is 16.9. The van der Waals surface area contributed by atoms with Crippen molar-refractivity contribution in [1.82, 2.24) is 0 Å². The number of rotatable bonds is 5. The predicted octanol–water partition coefficient (Wildman–Crippen LogP) is 2.79. The van der Waals surface area contributed by atoms with Gasteiger partial charge in [-0.3, -0.25) is 0 Å². The van der Waals surface area contributed by atoms with E-state index >= 15 is 0 Å². The average Bonchev–Trinajstić information content (AvgIpc) is 3.19. The van der Waals surface area contributed by atoms with Crippen LogP contribution in [0.1, 0.15) is 5.56 Å². The molecule has 27 heavy (non-hydrogen) atoms. The van der Waals surface area contributed by atoms with Gasteiger partial charge in [0.1, 0.15) is 17.2 Å². The lowest BCUT2D eigenvalue weighted by atomic mass is 10.2. The lowest BCUT2D eigenvalue weighted by Crippen LogP contribution is -2.96. The van der Waals surface area contributed by atoms with E-state index in [1.807, 2.05) is 94.5 Å². The van der Waals surface area contributed by atoms with E-state index in [0.29, 0.717) is 0 Å². The maximum atomic E-state index is 5.57. The van der Waals surface area contributed by atoms with E-state index in [1.54, 1.807) is 14.2 Å². The summed E-state index contributed by atoms with van der Waals surface area (Å²) < 4.78 is 11.1. The second kappa shape index (κ2) is 7.39. The first-order valence-electron chi connectivity index (χ1n) is 8.66. The Bertz CT molecular complexity index is 959. The molecule has 0 aromatic heterocycles. The van der Waals surface area contributed by atoms with Crippen molar-refractivity contribution in [1.29, 1.82) is 0 Å². The molecule has 0 unspecified atom stereocenters. The van der Waals surface area contributed by atoms with Crippen molar-refractivity contribution in [3.05, 3.63) is 84.4 Å². The van der Waals surface area contributed by atoms with E-state index in [-0.39, 0.29) is 0 Å². The molecule has 4 rings (SSSR count). The zero-order valence-electron chi connectivity index (χ0n) is 15.2. The number of hydrogen-bond donors (Lipinski definition) is 1. The van der Waals surface area contributed by atoms with E-state index in [2.05, 4.69) is 0 Å². The van der Waals surface area contributed by atoms with Crippen molar-refractivity contribution in [2.45, 2.75) is 0 Å². The Labute approximate surface area is 158 Å². The molecule has 0 amide bonds. The summed E-state index contributed by atoms with van der Waals surface area (Å²) in [5.41, 5.74) is 4.77. The number of nitrogens with zero attached hydrogens (tertiary/aromatic N) is 3. The second-order valence-corrected chi connectivity index (χ2v) is 5.96. The summed E-state index contributed by atoms with van der Waals surface area (Å²) in [4.78, 5) is 0. The largest absolute Gasteiger partial charge is 0.494 e. The molecule has 0 spiro atoms. The fourth-order valence-electron chi connectivity index (χ4n) is 3.04. The predicted molar refractivity (Wildman–Crippen MR) is 106 cm³/mol. The molecule has 0 atom stereocenters. The molecule has 0 saturated heterocycles. The van der Waals surface area contributed by atoms with Gasteiger partial charge in [0.05, 0.1) is 19.8 Å². The van der Waals surface area contributed by atoms with Crippen LogP contribution in [0.4, 0.5) is 11.4 Å². The molecule has 0 bridgehead atoms. The van der Waals surface area contributed by atoms with E-state index in [0.717, 1.165) is 34.3 Å². The molecule has 3 aromatic rings. The molecule has 6 heteroatoms. The number of para-hydroxylation sites is 4. The van der Waals surface area contributed by atoms with Crippen LogP contribution in [0.25, 0.3) is 0 Å². The molecule has 3 aromatic carbocycles. The minimum atomic E-state index is 0.740. The third kappa shape index (κ3) is 3.18. The van der Waals surface area contributed by atoms with Crippen LogP contribution in [0.5, 0.6) is 11.5 Å². The maximum Gasteiger partial charge on any atom is 0.277 e. The normalized spacial score (nSPS) is 13.5. The monoisotopic (exact) mass is 361 g/mol. The highest BCUT2D eigenvalue weighted by atomic mass is 16.5. The number of ether oxygens (including phenoxy) is 2. The minimum absolute atomic E-state index is 0.740. The van der Waals surface area contributed by atoms with Crippen LogP contribution in [-0.2, 0) is 0 Å². The Hall–Kier alpha value is -3.51. The number of nitrogens with two attached hydrogens (primary N) is 1. The molecule has 1 aliphatic rings. The topological polar surface area (TPSA) is 53.9 Å². The van der Waals surface area contributed by atoms with Crippen molar-refractivity contribution in [2.75, 3.05) is 24.5 Å². The average molecular weight is 361 g/mol. The highest BCUT2D eigenvalue weighted by Gasteiger charge is 2.34. The minimum Gasteiger partial charge on any atom is -0.494 e. The first-order chi connectivity index (χ1) is 13.3. The zero-order chi connectivity index (χ0) is 18.6. The van der Waals surface area contributed by atoms with Gasteiger partial charge < -0.3 is 9.47 Å². The van der Waals surface area contributed by atoms with Gasteiger partial charge in [0, 0.05) is 0 Å². The van der Waals surface area contributed by atoms with Gasteiger partial charge in [-0.1, -0.05) is 52.7 Å². The lowest BCUT2D eigenvalue weighted by molar-refractivity contribution is -0.545. The van der Waals surface area contributed by atoms with Gasteiger partial charge in [-0.15, -0.1) is 5.12 Å². The Morgan fingerprint density at radius 2 is 1.26 bits per heavy atom. The highest BCUT2D eigenvalue weighted by molar-refractivity contribution is 5.94. The quantitative estimate of drug-likeness (QED) is 0.710. The molecule has 0 fully saturated rings. The van der Waals surface area contributed by atoms with Crippen molar-refractivity contribution in [3.8, 4) is 11.5 Å². The maximum absolute atomic E-state index is 5.57. The lowest BCUT2D eigenvalue weighted by Gasteiger charge is -2.26. The van der Waals surface area contributed by atoms with Crippen LogP contribution in [0.15, 0.2) is 84.0 Å². The van der Waals surface area contributed by atoms with Crippen molar-refractivity contribution in [3.63, 3.8) is 0 Å². The number of anilines is 2. The summed E-state index contributed by atoms with van der Waals surface area (Å²) in [7, 11) is 3.33. The van der Waals surface area contributed by atoms with Gasteiger partial charge in [0.25, 0.3) is 5.84 Å². The van der Waals surface area contributed by atoms with Crippen LogP contribution in [-0.4, -0.2) is 20.1 Å². The van der Waals surface area contributed by atoms with Crippen LogP contribution >= 0.6 is 0 Å². The van der Waals surface area contributed by atoms with Gasteiger partial charge in [-0.2, -0.15) is 5.43 Å². The molecule has 6 nitrogen and oxygen atoms in total. The number of quaternary nitrogens is 1. The Balaban J connectivity index is 1.82. The number of hydrazone groups is 1. The van der Waals surface area contributed by atoms with E-state index in [4.69, 9.17) is 14.6 Å². The third-order valence-electron chi connectivity index (χ3n) is 4.35. The Kier molecular flexibility index (Phi) is 4.63. The molecule has 0 radical (unpaired) electrons. The van der Waals surface area contributed by atoms with Gasteiger partial charge >= 0.3 is 0 Å². The highest BCUT2D eigenvalue weighted by Crippen LogP contribution is 2.34. The zero-order valence-corrected chi connectivity index (χ0v) is 15.2. The van der Waals surface area contributed by atoms with Crippen LogP contribution in [0.3, 0.4) is 0 Å². The molecule has 2 N–H and O–H groups in total. The second-order valence-electron chi connectivity index (χ2n) is 5.96. The van der Waals surface area contributed by atoms with E-state index in [9.17, 15) is 0 Å². The fourth-order valence-corrected chi connectivity index (χ4v) is 3.04. The SMILES string of the molecule is COc1ccccc1N1N=C(c2ccccc2)[NH2+]N1c1ccccc1OC. The van der Waals surface area contributed by atoms with E-state index < -0.39 is 0 Å². The Morgan fingerprint density at radius 3 is 1.93 bits per heavy atom. The molecule has 0 saturated carbocycles. The molecule has 1 aliphatic heterocycles. The summed E-state index contributed by atoms with van der Waals surface area (Å²) in [6.45, 7) is 0. The summed E-state index contributed by atoms with van der Waals surface area (Å²) in [6.07, 6.45) is 0. The molecule has 1 heterocycles. The molecule has 0 aliphatic carbocycles. The molecular formula is C21H21N4O2+. The number of hydrogen-bond acceptors (Lipinski definition) is 5. The van der Waals surface area contributed by atoms with Crippen molar-refractivity contribution >= 4 is 17.2 Å². The summed E-state index contributed by atoms with van der Waals surface area (Å²) in [5, 5.41) is 8.66. The van der Waals surface area contributed by atoms with Gasteiger partial charge in [-0.05, 0) is 36.4 Å². The number of benzene rings is 3. The first-order valence-corrected chi connectivity index (χ1v) is 8.66. The van der Waals surface area contributed by atoms with E-state index in [1.165, 1.54) is 0 Å². The van der Waals surface area contributed by atoms with Crippen molar-refractivity contribution in [2.24, 2.45) is 5.10 Å². The smallest absolute Gasteiger partial charge is 0.277 e. The summed E-state index contributed by atoms with van der Waals surface area (Å²) in [6, 6.07) is 25.8. The summed E-state index contributed by atoms with van der Waals surface area (Å²) >= 11 is 0. The van der Waals surface area contributed by atoms with Crippen molar-refractivity contribution < 1.29 is 14.9 Å². The molecular weight excluding hydrogens is 340 g/mol. The van der Waals surface area contributed by atoms with Crippen LogP contribution in [0.2, 0.25) is 0 Å².